The third-order valence-electron chi connectivity index (χ3n) is 5.07. The van der Waals surface area contributed by atoms with Crippen LogP contribution in [0.4, 0.5) is 17.6 Å². The van der Waals surface area contributed by atoms with E-state index < -0.39 is 28.8 Å². The second-order valence-electron chi connectivity index (χ2n) is 7.21. The molecule has 0 fully saturated rings. The van der Waals surface area contributed by atoms with Crippen molar-refractivity contribution in [2.45, 2.75) is 12.7 Å². The SMILES string of the molecule is O=c1c2sccc2n(Cc2nc(-c3ccc(C(F)(F)F)cc3)no2)c(=O)n1-c1ccc(F)cc1. The van der Waals surface area contributed by atoms with Crippen LogP contribution in [0, 0.1) is 5.82 Å². The molecular formula is C22H12F4N4O3S. The number of halogens is 4. The van der Waals surface area contributed by atoms with E-state index in [0.29, 0.717) is 15.8 Å². The minimum Gasteiger partial charge on any atom is -0.337 e. The van der Waals surface area contributed by atoms with Crippen LogP contribution in [0.25, 0.3) is 27.3 Å². The molecule has 0 aliphatic rings. The highest BCUT2D eigenvalue weighted by Crippen LogP contribution is 2.30. The summed E-state index contributed by atoms with van der Waals surface area (Å²) in [6.07, 6.45) is -4.47. The van der Waals surface area contributed by atoms with Gasteiger partial charge in [0.2, 0.25) is 11.7 Å². The molecule has 3 heterocycles. The predicted octanol–water partition coefficient (Wildman–Crippen LogP) is 4.47. The smallest absolute Gasteiger partial charge is 0.337 e. The summed E-state index contributed by atoms with van der Waals surface area (Å²) < 4.78 is 59.4. The summed E-state index contributed by atoms with van der Waals surface area (Å²) in [6, 6.07) is 10.8. The Hall–Kier alpha value is -4.06. The second kappa shape index (κ2) is 8.06. The Morgan fingerprint density at radius 3 is 2.35 bits per heavy atom. The first-order chi connectivity index (χ1) is 16.2. The van der Waals surface area contributed by atoms with E-state index in [9.17, 15) is 27.2 Å². The average Bonchev–Trinajstić information content (AvgIpc) is 3.48. The summed E-state index contributed by atoms with van der Waals surface area (Å²) in [5, 5.41) is 5.44. The minimum atomic E-state index is -4.47. The van der Waals surface area contributed by atoms with E-state index in [-0.39, 0.29) is 23.9 Å². The molecule has 0 bridgehead atoms. The largest absolute Gasteiger partial charge is 0.416 e. The Labute approximate surface area is 191 Å². The molecule has 172 valence electrons. The fourth-order valence-corrected chi connectivity index (χ4v) is 4.26. The zero-order valence-electron chi connectivity index (χ0n) is 16.9. The van der Waals surface area contributed by atoms with Crippen LogP contribution in [0.5, 0.6) is 0 Å². The molecule has 0 saturated carbocycles. The minimum absolute atomic E-state index is 0.00815. The van der Waals surface area contributed by atoms with Gasteiger partial charge in [0.1, 0.15) is 17.1 Å². The van der Waals surface area contributed by atoms with Crippen LogP contribution in [-0.4, -0.2) is 19.3 Å². The van der Waals surface area contributed by atoms with E-state index in [2.05, 4.69) is 10.1 Å². The van der Waals surface area contributed by atoms with Crippen molar-refractivity contribution < 1.29 is 22.1 Å². The molecule has 0 unspecified atom stereocenters. The van der Waals surface area contributed by atoms with Gasteiger partial charge < -0.3 is 4.52 Å². The van der Waals surface area contributed by atoms with Gasteiger partial charge in [-0.3, -0.25) is 9.36 Å². The molecule has 0 amide bonds. The quantitative estimate of drug-likeness (QED) is 0.349. The Balaban J connectivity index is 1.55. The molecule has 0 saturated heterocycles. The molecule has 12 heteroatoms. The Morgan fingerprint density at radius 1 is 0.971 bits per heavy atom. The third kappa shape index (κ3) is 3.81. The van der Waals surface area contributed by atoms with E-state index in [1.54, 1.807) is 11.4 Å². The maximum Gasteiger partial charge on any atom is 0.416 e. The lowest BCUT2D eigenvalue weighted by Gasteiger charge is -2.10. The first kappa shape index (κ1) is 21.8. The number of hydrogen-bond acceptors (Lipinski definition) is 6. The first-order valence-electron chi connectivity index (χ1n) is 9.71. The van der Waals surface area contributed by atoms with Crippen LogP contribution >= 0.6 is 11.3 Å². The number of hydrogen-bond donors (Lipinski definition) is 0. The fraction of sp³-hybridized carbons (Fsp3) is 0.0909. The summed E-state index contributed by atoms with van der Waals surface area (Å²) in [5.41, 5.74) is -1.21. The summed E-state index contributed by atoms with van der Waals surface area (Å²) in [7, 11) is 0. The normalized spacial score (nSPS) is 11.9. The van der Waals surface area contributed by atoms with Crippen molar-refractivity contribution in [3.63, 3.8) is 0 Å². The van der Waals surface area contributed by atoms with Gasteiger partial charge in [-0.1, -0.05) is 17.3 Å². The molecule has 7 nitrogen and oxygen atoms in total. The molecule has 0 radical (unpaired) electrons. The lowest BCUT2D eigenvalue weighted by atomic mass is 10.1. The monoisotopic (exact) mass is 488 g/mol. The number of thiophene rings is 1. The average molecular weight is 488 g/mol. The molecule has 5 aromatic rings. The van der Waals surface area contributed by atoms with E-state index in [1.165, 1.54) is 28.8 Å². The number of benzene rings is 2. The Bertz CT molecular complexity index is 1610. The summed E-state index contributed by atoms with van der Waals surface area (Å²) in [6.45, 7) is -0.193. The highest BCUT2D eigenvalue weighted by atomic mass is 32.1. The van der Waals surface area contributed by atoms with E-state index in [4.69, 9.17) is 4.52 Å². The summed E-state index contributed by atoms with van der Waals surface area (Å²) >= 11 is 1.14. The summed E-state index contributed by atoms with van der Waals surface area (Å²) in [4.78, 5) is 30.3. The van der Waals surface area contributed by atoms with Crippen molar-refractivity contribution in [1.29, 1.82) is 0 Å². The molecule has 0 atom stereocenters. The molecule has 34 heavy (non-hydrogen) atoms. The van der Waals surface area contributed by atoms with E-state index >= 15 is 0 Å². The van der Waals surface area contributed by atoms with Gasteiger partial charge in [0, 0.05) is 5.56 Å². The van der Waals surface area contributed by atoms with Crippen molar-refractivity contribution >= 4 is 21.6 Å². The highest BCUT2D eigenvalue weighted by molar-refractivity contribution is 7.17. The number of rotatable bonds is 4. The molecule has 5 rings (SSSR count). The van der Waals surface area contributed by atoms with E-state index in [1.807, 2.05) is 0 Å². The molecule has 0 spiro atoms. The molecule has 2 aromatic carbocycles. The zero-order valence-corrected chi connectivity index (χ0v) is 17.7. The predicted molar refractivity (Wildman–Crippen MR) is 115 cm³/mol. The van der Waals surface area contributed by atoms with Gasteiger partial charge in [-0.2, -0.15) is 18.2 Å². The van der Waals surface area contributed by atoms with Gasteiger partial charge in [0.25, 0.3) is 5.56 Å². The van der Waals surface area contributed by atoms with Crippen molar-refractivity contribution in [1.82, 2.24) is 19.3 Å². The molecule has 0 aliphatic heterocycles. The van der Waals surface area contributed by atoms with Gasteiger partial charge in [-0.25, -0.2) is 13.8 Å². The topological polar surface area (TPSA) is 82.9 Å². The van der Waals surface area contributed by atoms with Gasteiger partial charge in [-0.15, -0.1) is 11.3 Å². The lowest BCUT2D eigenvalue weighted by Crippen LogP contribution is -2.38. The van der Waals surface area contributed by atoms with Crippen molar-refractivity contribution in [3.8, 4) is 17.1 Å². The third-order valence-corrected chi connectivity index (χ3v) is 5.96. The van der Waals surface area contributed by atoms with Gasteiger partial charge >= 0.3 is 11.9 Å². The maximum absolute atomic E-state index is 13.3. The van der Waals surface area contributed by atoms with Gasteiger partial charge in [0.05, 0.1) is 16.8 Å². The number of nitrogens with zero attached hydrogens (tertiary/aromatic N) is 4. The first-order valence-corrected chi connectivity index (χ1v) is 10.6. The van der Waals surface area contributed by atoms with Crippen LogP contribution in [-0.2, 0) is 12.7 Å². The number of aromatic nitrogens is 4. The second-order valence-corrected chi connectivity index (χ2v) is 8.12. The zero-order chi connectivity index (χ0) is 24.0. The Morgan fingerprint density at radius 2 is 1.68 bits per heavy atom. The van der Waals surface area contributed by atoms with Crippen LogP contribution in [0.1, 0.15) is 11.5 Å². The van der Waals surface area contributed by atoms with Gasteiger partial charge in [0.15, 0.2) is 0 Å². The van der Waals surface area contributed by atoms with Crippen LogP contribution in [0.3, 0.4) is 0 Å². The molecular weight excluding hydrogens is 476 g/mol. The van der Waals surface area contributed by atoms with Crippen molar-refractivity contribution in [3.05, 3.63) is 98.1 Å². The molecule has 0 N–H and O–H groups in total. The standard InChI is InChI=1S/C22H12F4N4O3S/c23-14-5-7-15(8-6-14)30-20(31)18-16(9-10-34-18)29(21(30)32)11-17-27-19(28-33-17)12-1-3-13(4-2-12)22(24,25)26/h1-10H,11H2. The van der Waals surface area contributed by atoms with Crippen LogP contribution in [0.15, 0.2) is 74.1 Å². The van der Waals surface area contributed by atoms with Gasteiger partial charge in [-0.05, 0) is 47.8 Å². The van der Waals surface area contributed by atoms with Crippen LogP contribution < -0.4 is 11.2 Å². The number of alkyl halides is 3. The highest BCUT2D eigenvalue weighted by Gasteiger charge is 2.30. The summed E-state index contributed by atoms with van der Waals surface area (Å²) in [5.74, 6) is -0.463. The lowest BCUT2D eigenvalue weighted by molar-refractivity contribution is -0.137. The maximum atomic E-state index is 13.3. The van der Waals surface area contributed by atoms with Crippen molar-refractivity contribution in [2.75, 3.05) is 0 Å². The molecule has 3 aromatic heterocycles. The Kier molecular flexibility index (Phi) is 5.16. The fourth-order valence-electron chi connectivity index (χ4n) is 3.44. The molecule has 0 aliphatic carbocycles. The van der Waals surface area contributed by atoms with Crippen LogP contribution in [0.2, 0.25) is 0 Å². The van der Waals surface area contributed by atoms with E-state index in [0.717, 1.165) is 40.2 Å². The van der Waals surface area contributed by atoms with Crippen molar-refractivity contribution in [2.24, 2.45) is 0 Å². The number of fused-ring (bicyclic) bond motifs is 1.